The summed E-state index contributed by atoms with van der Waals surface area (Å²) in [7, 11) is 0. The molecule has 3 heteroatoms. The van der Waals surface area contributed by atoms with Crippen LogP contribution in [0.2, 0.25) is 4.34 Å². The normalized spacial score (nSPS) is 10.3. The first-order valence-electron chi connectivity index (χ1n) is 4.53. The third-order valence-electron chi connectivity index (χ3n) is 2.11. The average molecular weight is 237 g/mol. The largest absolute Gasteiger partial charge is 0.288 e. The van der Waals surface area contributed by atoms with Gasteiger partial charge in [0.1, 0.15) is 0 Å². The van der Waals surface area contributed by atoms with Gasteiger partial charge in [-0.3, -0.25) is 4.79 Å². The van der Waals surface area contributed by atoms with E-state index in [0.717, 1.165) is 5.56 Å². The molecule has 0 unspecified atom stereocenters. The molecule has 1 aromatic heterocycles. The van der Waals surface area contributed by atoms with Crippen molar-refractivity contribution in [2.24, 2.45) is 0 Å². The summed E-state index contributed by atoms with van der Waals surface area (Å²) < 4.78 is 0.644. The van der Waals surface area contributed by atoms with Crippen LogP contribution in [0.4, 0.5) is 0 Å². The summed E-state index contributed by atoms with van der Waals surface area (Å²) in [6.07, 6.45) is 0. The minimum Gasteiger partial charge on any atom is -0.288 e. The predicted octanol–water partition coefficient (Wildman–Crippen LogP) is 3.94. The van der Waals surface area contributed by atoms with Crippen molar-refractivity contribution in [3.63, 3.8) is 0 Å². The molecule has 0 atom stereocenters. The molecular formula is C12H9ClOS. The summed E-state index contributed by atoms with van der Waals surface area (Å²) in [6.45, 7) is 2.00. The number of rotatable bonds is 2. The summed E-state index contributed by atoms with van der Waals surface area (Å²) in [4.78, 5) is 12.6. The van der Waals surface area contributed by atoms with E-state index >= 15 is 0 Å². The predicted molar refractivity (Wildman–Crippen MR) is 63.9 cm³/mol. The fourth-order valence-corrected chi connectivity index (χ4v) is 2.29. The fraction of sp³-hybridized carbons (Fsp3) is 0.0833. The number of benzene rings is 1. The van der Waals surface area contributed by atoms with Crippen LogP contribution < -0.4 is 0 Å². The number of ketones is 1. The smallest absolute Gasteiger partial charge is 0.202 e. The van der Waals surface area contributed by atoms with E-state index < -0.39 is 0 Å². The lowest BCUT2D eigenvalue weighted by atomic mass is 10.1. The second-order valence-electron chi connectivity index (χ2n) is 3.30. The number of aryl methyl sites for hydroxylation is 1. The molecule has 15 heavy (non-hydrogen) atoms. The topological polar surface area (TPSA) is 17.1 Å². The number of hydrogen-bond acceptors (Lipinski definition) is 2. The zero-order chi connectivity index (χ0) is 10.8. The Balaban J connectivity index is 2.32. The number of carbonyl (C=O) groups is 1. The molecule has 0 N–H and O–H groups in total. The number of halogens is 1. The molecule has 1 nitrogen and oxygen atoms in total. The van der Waals surface area contributed by atoms with E-state index in [-0.39, 0.29) is 5.78 Å². The molecule has 0 bridgehead atoms. The van der Waals surface area contributed by atoms with Gasteiger partial charge in [0, 0.05) is 5.56 Å². The number of carbonyl (C=O) groups excluding carboxylic acids is 1. The number of hydrogen-bond donors (Lipinski definition) is 0. The van der Waals surface area contributed by atoms with Crippen molar-refractivity contribution >= 4 is 28.7 Å². The standard InChI is InChI=1S/C12H9ClOS/c1-8-2-4-9(5-3-8)12(14)10-6-7-11(13)15-10/h2-7H,1H3. The van der Waals surface area contributed by atoms with Gasteiger partial charge < -0.3 is 0 Å². The quantitative estimate of drug-likeness (QED) is 0.722. The van der Waals surface area contributed by atoms with Gasteiger partial charge >= 0.3 is 0 Å². The van der Waals surface area contributed by atoms with Crippen LogP contribution in [0.15, 0.2) is 36.4 Å². The first-order chi connectivity index (χ1) is 7.16. The van der Waals surface area contributed by atoms with Gasteiger partial charge in [0.05, 0.1) is 9.21 Å². The Kier molecular flexibility index (Phi) is 2.89. The second-order valence-corrected chi connectivity index (χ2v) is 5.01. The van der Waals surface area contributed by atoms with Crippen molar-refractivity contribution < 1.29 is 4.79 Å². The lowest BCUT2D eigenvalue weighted by Gasteiger charge is -1.98. The van der Waals surface area contributed by atoms with E-state index in [1.54, 1.807) is 12.1 Å². The first-order valence-corrected chi connectivity index (χ1v) is 5.73. The minimum atomic E-state index is 0.0342. The van der Waals surface area contributed by atoms with E-state index in [2.05, 4.69) is 0 Å². The lowest BCUT2D eigenvalue weighted by molar-refractivity contribution is 0.104. The Labute approximate surface area is 97.3 Å². The van der Waals surface area contributed by atoms with Crippen molar-refractivity contribution in [3.05, 3.63) is 56.7 Å². The molecule has 0 spiro atoms. The Morgan fingerprint density at radius 1 is 1.13 bits per heavy atom. The highest BCUT2D eigenvalue weighted by Gasteiger charge is 2.10. The van der Waals surface area contributed by atoms with Crippen molar-refractivity contribution in [1.29, 1.82) is 0 Å². The van der Waals surface area contributed by atoms with Crippen LogP contribution in [-0.4, -0.2) is 5.78 Å². The molecule has 0 fully saturated rings. The Bertz CT molecular complexity index is 485. The SMILES string of the molecule is Cc1ccc(C(=O)c2ccc(Cl)s2)cc1. The van der Waals surface area contributed by atoms with Crippen molar-refractivity contribution in [2.45, 2.75) is 6.92 Å². The third-order valence-corrected chi connectivity index (χ3v) is 3.34. The van der Waals surface area contributed by atoms with Gasteiger partial charge in [-0.25, -0.2) is 0 Å². The van der Waals surface area contributed by atoms with Crippen LogP contribution in [0.1, 0.15) is 20.8 Å². The first kappa shape index (κ1) is 10.4. The van der Waals surface area contributed by atoms with Crippen LogP contribution >= 0.6 is 22.9 Å². The van der Waals surface area contributed by atoms with Gasteiger partial charge in [0.2, 0.25) is 5.78 Å². The molecule has 0 saturated heterocycles. The highest BCUT2D eigenvalue weighted by molar-refractivity contribution is 7.18. The van der Waals surface area contributed by atoms with Crippen LogP contribution in [0.5, 0.6) is 0 Å². The van der Waals surface area contributed by atoms with Crippen LogP contribution in [-0.2, 0) is 0 Å². The maximum Gasteiger partial charge on any atom is 0.202 e. The summed E-state index contributed by atoms with van der Waals surface area (Å²) >= 11 is 7.09. The molecule has 2 rings (SSSR count). The monoisotopic (exact) mass is 236 g/mol. The molecule has 0 radical (unpaired) electrons. The fourth-order valence-electron chi connectivity index (χ4n) is 1.28. The van der Waals surface area contributed by atoms with Gasteiger partial charge in [0.15, 0.2) is 0 Å². The molecule has 1 aromatic carbocycles. The summed E-state index contributed by atoms with van der Waals surface area (Å²) in [5.74, 6) is 0.0342. The third kappa shape index (κ3) is 2.28. The van der Waals surface area contributed by atoms with E-state index in [4.69, 9.17) is 11.6 Å². The van der Waals surface area contributed by atoms with Gasteiger partial charge in [-0.15, -0.1) is 11.3 Å². The van der Waals surface area contributed by atoms with Crippen LogP contribution in [0.25, 0.3) is 0 Å². The molecule has 0 amide bonds. The maximum atomic E-state index is 11.9. The zero-order valence-corrected chi connectivity index (χ0v) is 9.73. The van der Waals surface area contributed by atoms with Gasteiger partial charge in [-0.05, 0) is 19.1 Å². The molecular weight excluding hydrogens is 228 g/mol. The van der Waals surface area contributed by atoms with E-state index in [0.29, 0.717) is 14.8 Å². The van der Waals surface area contributed by atoms with Gasteiger partial charge in [0.25, 0.3) is 0 Å². The highest BCUT2D eigenvalue weighted by atomic mass is 35.5. The molecule has 2 aromatic rings. The summed E-state index contributed by atoms with van der Waals surface area (Å²) in [6, 6.07) is 11.0. The minimum absolute atomic E-state index is 0.0342. The van der Waals surface area contributed by atoms with E-state index in [1.165, 1.54) is 11.3 Å². The van der Waals surface area contributed by atoms with Crippen molar-refractivity contribution in [1.82, 2.24) is 0 Å². The second kappa shape index (κ2) is 4.17. The molecule has 76 valence electrons. The Morgan fingerprint density at radius 2 is 1.80 bits per heavy atom. The summed E-state index contributed by atoms with van der Waals surface area (Å²) in [5.41, 5.74) is 1.86. The number of thiophene rings is 1. The lowest BCUT2D eigenvalue weighted by Crippen LogP contribution is -1.97. The van der Waals surface area contributed by atoms with Crippen molar-refractivity contribution in [2.75, 3.05) is 0 Å². The summed E-state index contributed by atoms with van der Waals surface area (Å²) in [5, 5.41) is 0. The maximum absolute atomic E-state index is 11.9. The highest BCUT2D eigenvalue weighted by Crippen LogP contribution is 2.23. The van der Waals surface area contributed by atoms with Gasteiger partial charge in [-0.1, -0.05) is 41.4 Å². The molecule has 0 aliphatic carbocycles. The Morgan fingerprint density at radius 3 is 2.33 bits per heavy atom. The average Bonchev–Trinajstić information content (AvgIpc) is 2.65. The molecule has 1 heterocycles. The zero-order valence-electron chi connectivity index (χ0n) is 8.16. The van der Waals surface area contributed by atoms with E-state index in [9.17, 15) is 4.79 Å². The molecule has 0 aliphatic rings. The van der Waals surface area contributed by atoms with Gasteiger partial charge in [-0.2, -0.15) is 0 Å². The van der Waals surface area contributed by atoms with Crippen molar-refractivity contribution in [3.8, 4) is 0 Å². The Hall–Kier alpha value is -1.12. The van der Waals surface area contributed by atoms with Crippen LogP contribution in [0.3, 0.4) is 0 Å². The van der Waals surface area contributed by atoms with E-state index in [1.807, 2.05) is 31.2 Å². The molecule has 0 aliphatic heterocycles. The molecule has 0 saturated carbocycles. The van der Waals surface area contributed by atoms with Crippen LogP contribution in [0, 0.1) is 6.92 Å².